The molecule has 2 atom stereocenters. The summed E-state index contributed by atoms with van der Waals surface area (Å²) in [6.45, 7) is 3.05. The Morgan fingerprint density at radius 3 is 2.65 bits per heavy atom. The lowest BCUT2D eigenvalue weighted by molar-refractivity contribution is -0.128. The first kappa shape index (κ1) is 17.4. The number of primary amides is 1. The number of hydrogen-bond acceptors (Lipinski definition) is 3. The smallest absolute Gasteiger partial charge is 0.237 e. The fourth-order valence-electron chi connectivity index (χ4n) is 3.07. The molecule has 0 aromatic rings. The SMILES string of the molecule is CCCCCCCCOC1CCCC(NC)(C(N)=O)C1. The molecular formula is C16H32N2O2. The van der Waals surface area contributed by atoms with E-state index in [9.17, 15) is 4.79 Å². The molecule has 118 valence electrons. The van der Waals surface area contributed by atoms with Crippen molar-refractivity contribution in [2.24, 2.45) is 5.73 Å². The number of nitrogens with one attached hydrogen (secondary N) is 1. The van der Waals surface area contributed by atoms with Crippen molar-refractivity contribution in [2.75, 3.05) is 13.7 Å². The zero-order valence-electron chi connectivity index (χ0n) is 13.2. The molecule has 1 saturated carbocycles. The van der Waals surface area contributed by atoms with Crippen LogP contribution in [-0.2, 0) is 9.53 Å². The van der Waals surface area contributed by atoms with Crippen LogP contribution >= 0.6 is 0 Å². The number of hydrogen-bond donors (Lipinski definition) is 2. The first-order chi connectivity index (χ1) is 9.64. The molecule has 1 aliphatic rings. The average Bonchev–Trinajstić information content (AvgIpc) is 2.46. The quantitative estimate of drug-likeness (QED) is 0.606. The maximum absolute atomic E-state index is 11.6. The Hall–Kier alpha value is -0.610. The summed E-state index contributed by atoms with van der Waals surface area (Å²) in [4.78, 5) is 11.6. The number of nitrogens with two attached hydrogens (primary N) is 1. The lowest BCUT2D eigenvalue weighted by Crippen LogP contribution is -2.57. The zero-order valence-corrected chi connectivity index (χ0v) is 13.2. The van der Waals surface area contributed by atoms with Crippen molar-refractivity contribution in [1.29, 1.82) is 0 Å². The normalized spacial score (nSPS) is 26.6. The van der Waals surface area contributed by atoms with Gasteiger partial charge in [-0.15, -0.1) is 0 Å². The first-order valence-electron chi connectivity index (χ1n) is 8.25. The van der Waals surface area contributed by atoms with Crippen LogP contribution in [0.15, 0.2) is 0 Å². The second-order valence-corrected chi connectivity index (χ2v) is 6.05. The molecule has 20 heavy (non-hydrogen) atoms. The van der Waals surface area contributed by atoms with Crippen LogP contribution in [0.3, 0.4) is 0 Å². The minimum Gasteiger partial charge on any atom is -0.378 e. The molecule has 4 heteroatoms. The van der Waals surface area contributed by atoms with Gasteiger partial charge in [0.05, 0.1) is 11.6 Å². The molecule has 2 unspecified atom stereocenters. The van der Waals surface area contributed by atoms with Gasteiger partial charge < -0.3 is 15.8 Å². The van der Waals surface area contributed by atoms with Crippen LogP contribution in [0, 0.1) is 0 Å². The molecule has 0 radical (unpaired) electrons. The summed E-state index contributed by atoms with van der Waals surface area (Å²) in [5.41, 5.74) is 4.99. The van der Waals surface area contributed by atoms with Gasteiger partial charge >= 0.3 is 0 Å². The molecule has 1 rings (SSSR count). The fourth-order valence-corrected chi connectivity index (χ4v) is 3.07. The standard InChI is InChI=1S/C16H32N2O2/c1-3-4-5-6-7-8-12-20-14-10-9-11-16(13-14,18-2)15(17)19/h14,18H,3-13H2,1-2H3,(H2,17,19). The summed E-state index contributed by atoms with van der Waals surface area (Å²) >= 11 is 0. The lowest BCUT2D eigenvalue weighted by Gasteiger charge is -2.38. The summed E-state index contributed by atoms with van der Waals surface area (Å²) < 4.78 is 5.95. The van der Waals surface area contributed by atoms with Crippen molar-refractivity contribution in [1.82, 2.24) is 5.32 Å². The van der Waals surface area contributed by atoms with Crippen molar-refractivity contribution >= 4 is 5.91 Å². The largest absolute Gasteiger partial charge is 0.378 e. The fraction of sp³-hybridized carbons (Fsp3) is 0.938. The molecule has 0 aromatic heterocycles. The van der Waals surface area contributed by atoms with Gasteiger partial charge in [0.25, 0.3) is 0 Å². The van der Waals surface area contributed by atoms with Crippen molar-refractivity contribution in [3.8, 4) is 0 Å². The number of carbonyl (C=O) groups is 1. The van der Waals surface area contributed by atoms with Crippen molar-refractivity contribution in [2.45, 2.75) is 82.8 Å². The van der Waals surface area contributed by atoms with Gasteiger partial charge in [-0.25, -0.2) is 0 Å². The Bertz CT molecular complexity index is 284. The van der Waals surface area contributed by atoms with Crippen LogP contribution in [0.2, 0.25) is 0 Å². The van der Waals surface area contributed by atoms with Gasteiger partial charge in [-0.2, -0.15) is 0 Å². The van der Waals surface area contributed by atoms with Gasteiger partial charge in [0.1, 0.15) is 0 Å². The summed E-state index contributed by atoms with van der Waals surface area (Å²) in [5.74, 6) is -0.243. The van der Waals surface area contributed by atoms with Crippen LogP contribution < -0.4 is 11.1 Å². The Balaban J connectivity index is 2.19. The molecule has 0 aliphatic heterocycles. The number of ether oxygens (including phenoxy) is 1. The molecule has 0 aromatic carbocycles. The minimum absolute atomic E-state index is 0.180. The summed E-state index contributed by atoms with van der Waals surface area (Å²) in [5, 5.41) is 3.12. The monoisotopic (exact) mass is 284 g/mol. The summed E-state index contributed by atoms with van der Waals surface area (Å²) in [6, 6.07) is 0. The van der Waals surface area contributed by atoms with Crippen LogP contribution in [0.5, 0.6) is 0 Å². The molecule has 4 nitrogen and oxygen atoms in total. The third-order valence-electron chi connectivity index (χ3n) is 4.51. The van der Waals surface area contributed by atoms with Crippen molar-refractivity contribution in [3.05, 3.63) is 0 Å². The van der Waals surface area contributed by atoms with Crippen molar-refractivity contribution in [3.63, 3.8) is 0 Å². The minimum atomic E-state index is -0.552. The van der Waals surface area contributed by atoms with Gasteiger partial charge in [0, 0.05) is 13.0 Å². The van der Waals surface area contributed by atoms with E-state index in [0.29, 0.717) is 6.42 Å². The van der Waals surface area contributed by atoms with E-state index in [1.54, 1.807) is 0 Å². The second kappa shape index (κ2) is 9.35. The predicted octanol–water partition coefficient (Wildman–Crippen LogP) is 2.75. The Morgan fingerprint density at radius 2 is 2.00 bits per heavy atom. The maximum atomic E-state index is 11.6. The van der Waals surface area contributed by atoms with E-state index in [1.165, 1.54) is 32.1 Å². The first-order valence-corrected chi connectivity index (χ1v) is 8.25. The van der Waals surface area contributed by atoms with E-state index in [-0.39, 0.29) is 12.0 Å². The molecule has 1 aliphatic carbocycles. The topological polar surface area (TPSA) is 64.3 Å². The molecule has 3 N–H and O–H groups in total. The highest BCUT2D eigenvalue weighted by molar-refractivity contribution is 5.84. The van der Waals surface area contributed by atoms with Crippen LogP contribution in [0.25, 0.3) is 0 Å². The van der Waals surface area contributed by atoms with Crippen LogP contribution in [0.1, 0.15) is 71.1 Å². The molecule has 1 fully saturated rings. The summed E-state index contributed by atoms with van der Waals surface area (Å²) in [7, 11) is 1.82. The van der Waals surface area contributed by atoms with Gasteiger partial charge in [-0.1, -0.05) is 39.0 Å². The Morgan fingerprint density at radius 1 is 1.30 bits per heavy atom. The molecule has 0 saturated heterocycles. The lowest BCUT2D eigenvalue weighted by atomic mass is 9.79. The van der Waals surface area contributed by atoms with Gasteiger partial charge in [-0.05, 0) is 32.7 Å². The van der Waals surface area contributed by atoms with E-state index in [2.05, 4.69) is 12.2 Å². The number of amides is 1. The van der Waals surface area contributed by atoms with Gasteiger partial charge in [0.2, 0.25) is 5.91 Å². The number of unbranched alkanes of at least 4 members (excludes halogenated alkanes) is 5. The van der Waals surface area contributed by atoms with Gasteiger partial charge in [0.15, 0.2) is 0 Å². The molecule has 0 bridgehead atoms. The van der Waals surface area contributed by atoms with E-state index in [4.69, 9.17) is 10.5 Å². The van der Waals surface area contributed by atoms with Crippen LogP contribution in [0.4, 0.5) is 0 Å². The molecule has 0 spiro atoms. The van der Waals surface area contributed by atoms with E-state index >= 15 is 0 Å². The Kier molecular flexibility index (Phi) is 8.15. The third-order valence-corrected chi connectivity index (χ3v) is 4.51. The third kappa shape index (κ3) is 5.41. The van der Waals surface area contributed by atoms with Crippen LogP contribution in [-0.4, -0.2) is 31.2 Å². The number of rotatable bonds is 10. The molecule has 1 amide bonds. The maximum Gasteiger partial charge on any atom is 0.237 e. The highest BCUT2D eigenvalue weighted by Gasteiger charge is 2.40. The van der Waals surface area contributed by atoms with E-state index < -0.39 is 5.54 Å². The Labute approximate surface area is 123 Å². The highest BCUT2D eigenvalue weighted by Crippen LogP contribution is 2.30. The van der Waals surface area contributed by atoms with Crippen molar-refractivity contribution < 1.29 is 9.53 Å². The predicted molar refractivity (Wildman–Crippen MR) is 82.6 cm³/mol. The number of carbonyl (C=O) groups excluding carboxylic acids is 1. The van der Waals surface area contributed by atoms with E-state index in [1.807, 2.05) is 7.05 Å². The molecular weight excluding hydrogens is 252 g/mol. The van der Waals surface area contributed by atoms with E-state index in [0.717, 1.165) is 32.3 Å². The number of likely N-dealkylation sites (N-methyl/N-ethyl adjacent to an activating group) is 1. The highest BCUT2D eigenvalue weighted by atomic mass is 16.5. The second-order valence-electron chi connectivity index (χ2n) is 6.05. The summed E-state index contributed by atoms with van der Waals surface area (Å²) in [6.07, 6.45) is 11.4. The molecule has 0 heterocycles. The van der Waals surface area contributed by atoms with Gasteiger partial charge in [-0.3, -0.25) is 4.79 Å². The zero-order chi connectivity index (χ0) is 14.8. The average molecular weight is 284 g/mol.